The second-order valence-electron chi connectivity index (χ2n) is 3.60. The molecule has 0 saturated carbocycles. The minimum Gasteiger partial charge on any atom is -0.478 e. The molecule has 1 heterocycles. The van der Waals surface area contributed by atoms with Crippen LogP contribution in [0.2, 0.25) is 0 Å². The molecule has 3 nitrogen and oxygen atoms in total. The lowest BCUT2D eigenvalue weighted by atomic mass is 10.1. The van der Waals surface area contributed by atoms with E-state index in [4.69, 9.17) is 5.11 Å². The summed E-state index contributed by atoms with van der Waals surface area (Å²) in [5.41, 5.74) is 0.885. The van der Waals surface area contributed by atoms with Gasteiger partial charge in [-0.2, -0.15) is 11.8 Å². The van der Waals surface area contributed by atoms with Gasteiger partial charge in [-0.25, -0.2) is 4.79 Å². The molecule has 0 unspecified atom stereocenters. The molecule has 1 saturated heterocycles. The largest absolute Gasteiger partial charge is 0.478 e. The highest BCUT2D eigenvalue weighted by molar-refractivity contribution is 7.99. The van der Waals surface area contributed by atoms with Gasteiger partial charge < -0.3 is 10.4 Å². The predicted octanol–water partition coefficient (Wildman–Crippen LogP) is 1.50. The quantitative estimate of drug-likeness (QED) is 0.698. The summed E-state index contributed by atoms with van der Waals surface area (Å²) in [6, 6.07) is 0.577. The summed E-state index contributed by atoms with van der Waals surface area (Å²) in [6.07, 6.45) is 3.67. The lowest BCUT2D eigenvalue weighted by molar-refractivity contribution is -0.131. The zero-order valence-corrected chi connectivity index (χ0v) is 9.27. The van der Waals surface area contributed by atoms with Crippen molar-refractivity contribution in [2.45, 2.75) is 25.8 Å². The van der Waals surface area contributed by atoms with Gasteiger partial charge in [-0.05, 0) is 31.3 Å². The summed E-state index contributed by atoms with van der Waals surface area (Å²) in [4.78, 5) is 10.4. The third-order valence-corrected chi connectivity index (χ3v) is 3.31. The van der Waals surface area contributed by atoms with E-state index in [1.54, 1.807) is 0 Å². The molecule has 0 atom stereocenters. The minimum atomic E-state index is -0.858. The van der Waals surface area contributed by atoms with Crippen LogP contribution in [0.25, 0.3) is 0 Å². The molecule has 1 aliphatic heterocycles. The van der Waals surface area contributed by atoms with Gasteiger partial charge in [0.25, 0.3) is 0 Å². The molecule has 0 bridgehead atoms. The van der Waals surface area contributed by atoms with Gasteiger partial charge in [0.2, 0.25) is 0 Å². The first-order valence-corrected chi connectivity index (χ1v) is 6.05. The van der Waals surface area contributed by atoms with E-state index in [2.05, 4.69) is 5.32 Å². The van der Waals surface area contributed by atoms with Crippen LogP contribution in [0.4, 0.5) is 0 Å². The fourth-order valence-electron chi connectivity index (χ4n) is 1.47. The number of rotatable bonds is 4. The molecule has 0 aromatic rings. The van der Waals surface area contributed by atoms with E-state index in [-0.39, 0.29) is 0 Å². The van der Waals surface area contributed by atoms with Gasteiger partial charge in [0, 0.05) is 18.7 Å². The van der Waals surface area contributed by atoms with E-state index in [0.717, 1.165) is 5.57 Å². The van der Waals surface area contributed by atoms with Crippen molar-refractivity contribution in [3.05, 3.63) is 11.6 Å². The molecule has 80 valence electrons. The molecule has 0 aromatic heterocycles. The van der Waals surface area contributed by atoms with Crippen molar-refractivity contribution >= 4 is 17.7 Å². The third kappa shape index (κ3) is 4.67. The summed E-state index contributed by atoms with van der Waals surface area (Å²) in [5.74, 6) is 1.59. The van der Waals surface area contributed by atoms with E-state index in [0.29, 0.717) is 12.6 Å². The Labute approximate surface area is 89.0 Å². The molecular formula is C10H17NO2S. The summed E-state index contributed by atoms with van der Waals surface area (Å²) >= 11 is 1.99. The van der Waals surface area contributed by atoms with Crippen LogP contribution in [-0.4, -0.2) is 35.2 Å². The molecule has 1 aliphatic rings. The molecule has 0 aromatic carbocycles. The minimum absolute atomic E-state index is 0.577. The smallest absolute Gasteiger partial charge is 0.328 e. The second kappa shape index (κ2) is 6.09. The molecule has 0 amide bonds. The first-order valence-electron chi connectivity index (χ1n) is 4.89. The highest BCUT2D eigenvalue weighted by Gasteiger charge is 2.12. The van der Waals surface area contributed by atoms with Gasteiger partial charge in [0.15, 0.2) is 0 Å². The first-order chi connectivity index (χ1) is 6.68. The number of aliphatic carboxylic acids is 1. The van der Waals surface area contributed by atoms with Crippen LogP contribution in [0.1, 0.15) is 19.8 Å². The van der Waals surface area contributed by atoms with Gasteiger partial charge in [-0.3, -0.25) is 0 Å². The van der Waals surface area contributed by atoms with Crippen LogP contribution >= 0.6 is 11.8 Å². The molecule has 14 heavy (non-hydrogen) atoms. The monoisotopic (exact) mass is 215 g/mol. The van der Waals surface area contributed by atoms with E-state index in [9.17, 15) is 4.79 Å². The molecular weight excluding hydrogens is 198 g/mol. The molecule has 0 aliphatic carbocycles. The average molecular weight is 215 g/mol. The average Bonchev–Trinajstić information content (AvgIpc) is 2.15. The van der Waals surface area contributed by atoms with Crippen molar-refractivity contribution in [3.8, 4) is 0 Å². The predicted molar refractivity (Wildman–Crippen MR) is 59.7 cm³/mol. The molecule has 1 fully saturated rings. The normalized spacial score (nSPS) is 19.6. The first kappa shape index (κ1) is 11.6. The van der Waals surface area contributed by atoms with Crippen LogP contribution < -0.4 is 5.32 Å². The van der Waals surface area contributed by atoms with Crippen LogP contribution in [-0.2, 0) is 4.79 Å². The summed E-state index contributed by atoms with van der Waals surface area (Å²) < 4.78 is 0. The van der Waals surface area contributed by atoms with Gasteiger partial charge >= 0.3 is 5.97 Å². The maximum Gasteiger partial charge on any atom is 0.328 e. The number of hydrogen-bond acceptors (Lipinski definition) is 3. The Morgan fingerprint density at radius 2 is 2.21 bits per heavy atom. The van der Waals surface area contributed by atoms with Gasteiger partial charge in [-0.1, -0.05) is 5.57 Å². The Morgan fingerprint density at radius 3 is 2.79 bits per heavy atom. The van der Waals surface area contributed by atoms with Crippen LogP contribution in [0.15, 0.2) is 11.6 Å². The Bertz CT molecular complexity index is 222. The van der Waals surface area contributed by atoms with Gasteiger partial charge in [0.1, 0.15) is 0 Å². The fourth-order valence-corrected chi connectivity index (χ4v) is 2.58. The maximum absolute atomic E-state index is 10.4. The maximum atomic E-state index is 10.4. The Morgan fingerprint density at radius 1 is 1.57 bits per heavy atom. The highest BCUT2D eigenvalue weighted by atomic mass is 32.2. The van der Waals surface area contributed by atoms with E-state index in [1.165, 1.54) is 30.4 Å². The van der Waals surface area contributed by atoms with Crippen molar-refractivity contribution in [1.82, 2.24) is 5.32 Å². The van der Waals surface area contributed by atoms with Crippen LogP contribution in [0.5, 0.6) is 0 Å². The molecule has 1 rings (SSSR count). The number of thioether (sulfide) groups is 1. The number of hydrogen-bond donors (Lipinski definition) is 2. The Balaban J connectivity index is 2.21. The van der Waals surface area contributed by atoms with Crippen molar-refractivity contribution in [3.63, 3.8) is 0 Å². The third-order valence-electron chi connectivity index (χ3n) is 2.26. The molecule has 4 heteroatoms. The van der Waals surface area contributed by atoms with Crippen molar-refractivity contribution in [1.29, 1.82) is 0 Å². The van der Waals surface area contributed by atoms with E-state index in [1.807, 2.05) is 18.7 Å². The van der Waals surface area contributed by atoms with Crippen LogP contribution in [0.3, 0.4) is 0 Å². The lowest BCUT2D eigenvalue weighted by Crippen LogP contribution is -2.33. The topological polar surface area (TPSA) is 49.3 Å². The number of carbonyl (C=O) groups is 1. The van der Waals surface area contributed by atoms with Crippen molar-refractivity contribution < 1.29 is 9.90 Å². The van der Waals surface area contributed by atoms with Gasteiger partial charge in [0.05, 0.1) is 0 Å². The Hall–Kier alpha value is -0.480. The summed E-state index contributed by atoms with van der Waals surface area (Å²) in [5, 5.41) is 11.9. The number of carboxylic acid groups (broad SMARTS) is 1. The lowest BCUT2D eigenvalue weighted by Gasteiger charge is -2.22. The highest BCUT2D eigenvalue weighted by Crippen LogP contribution is 2.16. The van der Waals surface area contributed by atoms with Crippen molar-refractivity contribution in [2.24, 2.45) is 0 Å². The Kier molecular flexibility index (Phi) is 5.04. The van der Waals surface area contributed by atoms with Crippen molar-refractivity contribution in [2.75, 3.05) is 18.1 Å². The fraction of sp³-hybridized carbons (Fsp3) is 0.700. The summed E-state index contributed by atoms with van der Waals surface area (Å²) in [6.45, 7) is 2.54. The zero-order chi connectivity index (χ0) is 10.4. The SMILES string of the molecule is CC(=CC(=O)O)CNC1CCSCC1. The summed E-state index contributed by atoms with van der Waals surface area (Å²) in [7, 11) is 0. The standard InChI is InChI=1S/C10H17NO2S/c1-8(6-10(12)13)7-11-9-2-4-14-5-3-9/h6,9,11H,2-5,7H2,1H3,(H,12,13). The van der Waals surface area contributed by atoms with E-state index >= 15 is 0 Å². The molecule has 0 radical (unpaired) electrons. The molecule has 2 N–H and O–H groups in total. The van der Waals surface area contributed by atoms with E-state index < -0.39 is 5.97 Å². The van der Waals surface area contributed by atoms with Gasteiger partial charge in [-0.15, -0.1) is 0 Å². The number of carboxylic acids is 1. The number of nitrogens with one attached hydrogen (secondary N) is 1. The van der Waals surface area contributed by atoms with Crippen LogP contribution in [0, 0.1) is 0 Å². The second-order valence-corrected chi connectivity index (χ2v) is 4.82. The zero-order valence-electron chi connectivity index (χ0n) is 8.45. The molecule has 0 spiro atoms.